The van der Waals surface area contributed by atoms with Gasteiger partial charge >= 0.3 is 0 Å². The molecule has 5 heteroatoms. The summed E-state index contributed by atoms with van der Waals surface area (Å²) in [5, 5.41) is 0. The van der Waals surface area contributed by atoms with E-state index in [9.17, 15) is 4.39 Å². The first-order chi connectivity index (χ1) is 9.56. The lowest BCUT2D eigenvalue weighted by Crippen LogP contribution is -2.36. The van der Waals surface area contributed by atoms with Crippen LogP contribution in [0.5, 0.6) is 0 Å². The molecule has 2 rings (SSSR count). The molecule has 2 atom stereocenters. The Bertz CT molecular complexity index is 409. The molecule has 4 nitrogen and oxygen atoms in total. The molecule has 1 aliphatic heterocycles. The minimum atomic E-state index is -0.316. The molecule has 0 saturated carbocycles. The second-order valence-corrected chi connectivity index (χ2v) is 5.86. The van der Waals surface area contributed by atoms with Crippen LogP contribution in [0.4, 0.5) is 4.39 Å². The van der Waals surface area contributed by atoms with Crippen LogP contribution in [0.25, 0.3) is 0 Å². The van der Waals surface area contributed by atoms with Gasteiger partial charge in [0.1, 0.15) is 5.82 Å². The largest absolute Gasteiger partial charge is 0.322 e. The number of hydrogen-bond acceptors (Lipinski definition) is 4. The maximum Gasteiger partial charge on any atom is 0.141 e. The number of likely N-dealkylation sites (N-methyl/N-ethyl adjacent to an activating group) is 1. The highest BCUT2D eigenvalue weighted by molar-refractivity contribution is 5.10. The molecule has 2 heterocycles. The number of pyridine rings is 1. The average Bonchev–Trinajstić information content (AvgIpc) is 2.64. The lowest BCUT2D eigenvalue weighted by atomic mass is 9.98. The van der Waals surface area contributed by atoms with Gasteiger partial charge in [-0.1, -0.05) is 6.92 Å². The van der Waals surface area contributed by atoms with Gasteiger partial charge in [0.05, 0.1) is 17.9 Å². The minimum absolute atomic E-state index is 0.142. The molecule has 1 saturated heterocycles. The average molecular weight is 280 g/mol. The number of aromatic nitrogens is 1. The van der Waals surface area contributed by atoms with Crippen molar-refractivity contribution < 1.29 is 4.39 Å². The number of halogens is 1. The third-order valence-corrected chi connectivity index (χ3v) is 4.06. The second kappa shape index (κ2) is 7.11. The van der Waals surface area contributed by atoms with Crippen LogP contribution in [0.3, 0.4) is 0 Å². The summed E-state index contributed by atoms with van der Waals surface area (Å²) in [6, 6.07) is 2.97. The highest BCUT2D eigenvalue weighted by atomic mass is 19.1. The lowest BCUT2D eigenvalue weighted by molar-refractivity contribution is 0.226. The molecular formula is C15H25FN4. The third-order valence-electron chi connectivity index (χ3n) is 4.06. The van der Waals surface area contributed by atoms with Crippen molar-refractivity contribution in [3.63, 3.8) is 0 Å². The van der Waals surface area contributed by atoms with E-state index in [2.05, 4.69) is 28.8 Å². The fourth-order valence-electron chi connectivity index (χ4n) is 2.68. The van der Waals surface area contributed by atoms with Gasteiger partial charge in [-0.05, 0) is 44.6 Å². The van der Waals surface area contributed by atoms with Crippen molar-refractivity contribution >= 4 is 0 Å². The number of hydrogen-bond donors (Lipinski definition) is 1. The summed E-state index contributed by atoms with van der Waals surface area (Å²) in [5.41, 5.74) is 7.02. The van der Waals surface area contributed by atoms with Crippen LogP contribution in [0.1, 0.15) is 25.1 Å². The fraction of sp³-hybridized carbons (Fsp3) is 0.667. The Balaban J connectivity index is 1.90. The molecule has 2 N–H and O–H groups in total. The third kappa shape index (κ3) is 4.23. The molecule has 1 aliphatic rings. The zero-order chi connectivity index (χ0) is 14.5. The number of nitrogens with two attached hydrogens (primary N) is 1. The number of rotatable bonds is 4. The van der Waals surface area contributed by atoms with Crippen LogP contribution < -0.4 is 5.73 Å². The molecule has 0 radical (unpaired) electrons. The Morgan fingerprint density at radius 3 is 2.80 bits per heavy atom. The fourth-order valence-corrected chi connectivity index (χ4v) is 2.68. The standard InChI is InChI=1S/C15H25FN4/c1-12(11-20-7-3-6-19(2)8-9-20)15(17)14-5-4-13(16)10-18-14/h4-5,10,12,15H,3,6-9,11,17H2,1-2H3. The maximum atomic E-state index is 12.9. The molecular weight excluding hydrogens is 255 g/mol. The van der Waals surface area contributed by atoms with Gasteiger partial charge in [0, 0.05) is 19.6 Å². The Morgan fingerprint density at radius 1 is 1.30 bits per heavy atom. The van der Waals surface area contributed by atoms with Crippen molar-refractivity contribution in [2.75, 3.05) is 39.8 Å². The molecule has 0 aromatic carbocycles. The first-order valence-electron chi connectivity index (χ1n) is 7.34. The molecule has 0 spiro atoms. The topological polar surface area (TPSA) is 45.4 Å². The quantitative estimate of drug-likeness (QED) is 0.908. The van der Waals surface area contributed by atoms with Gasteiger partial charge in [-0.15, -0.1) is 0 Å². The molecule has 0 aliphatic carbocycles. The summed E-state index contributed by atoms with van der Waals surface area (Å²) in [6.45, 7) is 7.59. The summed E-state index contributed by atoms with van der Waals surface area (Å²) >= 11 is 0. The van der Waals surface area contributed by atoms with E-state index in [4.69, 9.17) is 5.73 Å². The smallest absolute Gasteiger partial charge is 0.141 e. The number of nitrogens with zero attached hydrogens (tertiary/aromatic N) is 3. The molecule has 2 unspecified atom stereocenters. The van der Waals surface area contributed by atoms with E-state index in [1.165, 1.54) is 18.7 Å². The Hall–Kier alpha value is -1.04. The van der Waals surface area contributed by atoms with E-state index in [-0.39, 0.29) is 11.9 Å². The van der Waals surface area contributed by atoms with Crippen LogP contribution in [0, 0.1) is 11.7 Å². The van der Waals surface area contributed by atoms with Crippen LogP contribution in [-0.2, 0) is 0 Å². The van der Waals surface area contributed by atoms with Crippen LogP contribution >= 0.6 is 0 Å². The Kier molecular flexibility index (Phi) is 5.46. The van der Waals surface area contributed by atoms with E-state index in [1.54, 1.807) is 6.07 Å². The normalized spacial score (nSPS) is 21.4. The van der Waals surface area contributed by atoms with Crippen LogP contribution in [0.2, 0.25) is 0 Å². The summed E-state index contributed by atoms with van der Waals surface area (Å²) in [4.78, 5) is 8.93. The van der Waals surface area contributed by atoms with E-state index in [1.807, 2.05) is 0 Å². The van der Waals surface area contributed by atoms with E-state index >= 15 is 0 Å². The zero-order valence-corrected chi connectivity index (χ0v) is 12.4. The predicted octanol–water partition coefficient (Wildman–Crippen LogP) is 1.49. The van der Waals surface area contributed by atoms with E-state index in [0.717, 1.165) is 38.4 Å². The Morgan fingerprint density at radius 2 is 2.10 bits per heavy atom. The van der Waals surface area contributed by atoms with Crippen molar-refractivity contribution in [1.82, 2.24) is 14.8 Å². The predicted molar refractivity (Wildman–Crippen MR) is 78.8 cm³/mol. The minimum Gasteiger partial charge on any atom is -0.322 e. The summed E-state index contributed by atoms with van der Waals surface area (Å²) < 4.78 is 12.9. The van der Waals surface area contributed by atoms with Gasteiger partial charge in [0.25, 0.3) is 0 Å². The SMILES string of the molecule is CC(CN1CCCN(C)CC1)C(N)c1ccc(F)cn1. The van der Waals surface area contributed by atoms with Gasteiger partial charge < -0.3 is 15.5 Å². The summed E-state index contributed by atoms with van der Waals surface area (Å²) in [5.74, 6) is -0.0134. The van der Waals surface area contributed by atoms with E-state index in [0.29, 0.717) is 5.92 Å². The monoisotopic (exact) mass is 280 g/mol. The van der Waals surface area contributed by atoms with Crippen LogP contribution in [-0.4, -0.2) is 54.6 Å². The van der Waals surface area contributed by atoms with Gasteiger partial charge in [0.15, 0.2) is 0 Å². The molecule has 1 fully saturated rings. The first-order valence-corrected chi connectivity index (χ1v) is 7.34. The van der Waals surface area contributed by atoms with Gasteiger partial charge in [-0.25, -0.2) is 4.39 Å². The van der Waals surface area contributed by atoms with Crippen molar-refractivity contribution in [2.45, 2.75) is 19.4 Å². The van der Waals surface area contributed by atoms with Crippen molar-refractivity contribution in [3.05, 3.63) is 29.8 Å². The highest BCUT2D eigenvalue weighted by Gasteiger charge is 2.20. The molecule has 112 valence electrons. The Labute approximate surface area is 120 Å². The second-order valence-electron chi connectivity index (χ2n) is 5.86. The molecule has 1 aromatic heterocycles. The van der Waals surface area contributed by atoms with E-state index < -0.39 is 0 Å². The van der Waals surface area contributed by atoms with Crippen LogP contribution in [0.15, 0.2) is 18.3 Å². The van der Waals surface area contributed by atoms with Crippen molar-refractivity contribution in [3.8, 4) is 0 Å². The van der Waals surface area contributed by atoms with Crippen molar-refractivity contribution in [2.24, 2.45) is 11.7 Å². The highest BCUT2D eigenvalue weighted by Crippen LogP contribution is 2.19. The molecule has 0 bridgehead atoms. The molecule has 1 aromatic rings. The van der Waals surface area contributed by atoms with Crippen molar-refractivity contribution in [1.29, 1.82) is 0 Å². The first kappa shape index (κ1) is 15.4. The maximum absolute atomic E-state index is 12.9. The zero-order valence-electron chi connectivity index (χ0n) is 12.4. The molecule has 20 heavy (non-hydrogen) atoms. The lowest BCUT2D eigenvalue weighted by Gasteiger charge is -2.27. The van der Waals surface area contributed by atoms with Gasteiger partial charge in [0.2, 0.25) is 0 Å². The van der Waals surface area contributed by atoms with Gasteiger partial charge in [-0.3, -0.25) is 4.98 Å². The summed E-state index contributed by atoms with van der Waals surface area (Å²) in [6.07, 6.45) is 2.44. The van der Waals surface area contributed by atoms with Gasteiger partial charge in [-0.2, -0.15) is 0 Å². The molecule has 0 amide bonds. The summed E-state index contributed by atoms with van der Waals surface area (Å²) in [7, 11) is 2.17.